The molecule has 2 rings (SSSR count). The number of carbonyl (C=O) groups excluding carboxylic acids is 3. The van der Waals surface area contributed by atoms with Gasteiger partial charge in [0.2, 0.25) is 5.91 Å². The number of nitrogens with two attached hydrogens (primary N) is 1. The third-order valence-corrected chi connectivity index (χ3v) is 3.60. The third kappa shape index (κ3) is 2.95. The van der Waals surface area contributed by atoms with Gasteiger partial charge in [-0.15, -0.1) is 0 Å². The van der Waals surface area contributed by atoms with Gasteiger partial charge in [0.25, 0.3) is 11.7 Å². The van der Waals surface area contributed by atoms with Gasteiger partial charge in [-0.05, 0) is 43.9 Å². The second-order valence-electron chi connectivity index (χ2n) is 5.29. The fourth-order valence-electron chi connectivity index (χ4n) is 2.67. The third-order valence-electron chi connectivity index (χ3n) is 3.60. The number of nitrogens with zero attached hydrogens (tertiary/aromatic N) is 1. The molecule has 1 aliphatic rings. The van der Waals surface area contributed by atoms with E-state index in [9.17, 15) is 14.4 Å². The molecule has 3 N–H and O–H groups in total. The van der Waals surface area contributed by atoms with Crippen LogP contribution in [0.1, 0.15) is 40.7 Å². The summed E-state index contributed by atoms with van der Waals surface area (Å²) in [6.07, 6.45) is 1.56. The number of carbonyl (C=O) groups is 3. The molecule has 0 bridgehead atoms. The molecule has 6 nitrogen and oxygen atoms in total. The molecule has 0 spiro atoms. The van der Waals surface area contributed by atoms with E-state index in [0.717, 1.165) is 11.1 Å². The van der Waals surface area contributed by atoms with E-state index in [0.29, 0.717) is 37.1 Å². The van der Waals surface area contributed by atoms with E-state index in [-0.39, 0.29) is 5.91 Å². The number of anilines is 1. The number of aryl methyl sites for hydroxylation is 2. The summed E-state index contributed by atoms with van der Waals surface area (Å²) in [4.78, 5) is 36.7. The number of fused-ring (bicyclic) bond motifs is 1. The molecule has 0 aromatic heterocycles. The first-order valence-corrected chi connectivity index (χ1v) is 6.92. The van der Waals surface area contributed by atoms with Gasteiger partial charge in [-0.3, -0.25) is 19.8 Å². The molecule has 0 saturated carbocycles. The van der Waals surface area contributed by atoms with Crippen LogP contribution in [-0.4, -0.2) is 24.1 Å². The quantitative estimate of drug-likeness (QED) is 0.278. The Morgan fingerprint density at radius 3 is 2.62 bits per heavy atom. The number of hydrazine groups is 1. The fraction of sp³-hybridized carbons (Fsp3) is 0.400. The van der Waals surface area contributed by atoms with Gasteiger partial charge in [-0.2, -0.15) is 0 Å². The molecule has 0 atom stereocenters. The SMILES string of the molecule is Cc1cc(C)c2c(c1)C(=O)C(=O)N2CCCCC(=O)NN. The zero-order valence-corrected chi connectivity index (χ0v) is 12.2. The van der Waals surface area contributed by atoms with Crippen LogP contribution in [0.25, 0.3) is 0 Å². The van der Waals surface area contributed by atoms with Crippen LogP contribution in [0.5, 0.6) is 0 Å². The Labute approximate surface area is 123 Å². The predicted molar refractivity (Wildman–Crippen MR) is 78.8 cm³/mol. The Balaban J connectivity index is 2.10. The number of unbranched alkanes of at least 4 members (excludes halogenated alkanes) is 1. The van der Waals surface area contributed by atoms with E-state index in [1.807, 2.05) is 19.9 Å². The topological polar surface area (TPSA) is 92.5 Å². The van der Waals surface area contributed by atoms with Crippen LogP contribution in [-0.2, 0) is 9.59 Å². The van der Waals surface area contributed by atoms with E-state index >= 15 is 0 Å². The fourth-order valence-corrected chi connectivity index (χ4v) is 2.67. The lowest BCUT2D eigenvalue weighted by Crippen LogP contribution is -2.32. The van der Waals surface area contributed by atoms with Crippen molar-refractivity contribution >= 4 is 23.3 Å². The van der Waals surface area contributed by atoms with Crippen molar-refractivity contribution in [3.63, 3.8) is 0 Å². The highest BCUT2D eigenvalue weighted by Crippen LogP contribution is 2.33. The molecule has 112 valence electrons. The Morgan fingerprint density at radius 1 is 1.24 bits per heavy atom. The summed E-state index contributed by atoms with van der Waals surface area (Å²) in [5.74, 6) is 3.84. The average molecular weight is 289 g/mol. The number of hydrogen-bond donors (Lipinski definition) is 2. The molecular formula is C15H19N3O3. The lowest BCUT2D eigenvalue weighted by molar-refractivity contribution is -0.121. The van der Waals surface area contributed by atoms with Crippen molar-refractivity contribution < 1.29 is 14.4 Å². The molecule has 1 aromatic rings. The van der Waals surface area contributed by atoms with Crippen molar-refractivity contribution in [3.8, 4) is 0 Å². The number of rotatable bonds is 5. The van der Waals surface area contributed by atoms with Gasteiger partial charge in [-0.1, -0.05) is 6.07 Å². The Bertz CT molecular complexity index is 610. The van der Waals surface area contributed by atoms with Crippen LogP contribution >= 0.6 is 0 Å². The normalized spacial score (nSPS) is 13.6. The summed E-state index contributed by atoms with van der Waals surface area (Å²) in [5.41, 5.74) is 5.14. The van der Waals surface area contributed by atoms with Crippen molar-refractivity contribution in [1.29, 1.82) is 0 Å². The summed E-state index contributed by atoms with van der Waals surface area (Å²) in [7, 11) is 0. The first-order valence-electron chi connectivity index (χ1n) is 6.92. The summed E-state index contributed by atoms with van der Waals surface area (Å²) in [6, 6.07) is 3.71. The molecule has 1 heterocycles. The summed E-state index contributed by atoms with van der Waals surface area (Å²) < 4.78 is 0. The Kier molecular flexibility index (Phi) is 4.37. The molecule has 2 amide bonds. The van der Waals surface area contributed by atoms with Crippen LogP contribution in [0.2, 0.25) is 0 Å². The summed E-state index contributed by atoms with van der Waals surface area (Å²) in [6.45, 7) is 4.23. The highest BCUT2D eigenvalue weighted by Gasteiger charge is 2.36. The first kappa shape index (κ1) is 15.2. The number of benzene rings is 1. The van der Waals surface area contributed by atoms with Crippen molar-refractivity contribution in [2.24, 2.45) is 5.84 Å². The van der Waals surface area contributed by atoms with Crippen molar-refractivity contribution in [1.82, 2.24) is 5.43 Å². The largest absolute Gasteiger partial charge is 0.304 e. The number of ketones is 1. The minimum absolute atomic E-state index is 0.231. The van der Waals surface area contributed by atoms with Gasteiger partial charge in [-0.25, -0.2) is 5.84 Å². The lowest BCUT2D eigenvalue weighted by Gasteiger charge is -2.18. The van der Waals surface area contributed by atoms with Crippen LogP contribution in [0.15, 0.2) is 12.1 Å². The maximum atomic E-state index is 12.1. The minimum Gasteiger partial charge on any atom is -0.304 e. The maximum Gasteiger partial charge on any atom is 0.299 e. The monoisotopic (exact) mass is 289 g/mol. The smallest absolute Gasteiger partial charge is 0.299 e. The molecule has 1 aromatic carbocycles. The standard InChI is InChI=1S/C15H19N3O3/c1-9-7-10(2)13-11(8-9)14(20)15(21)18(13)6-4-3-5-12(19)17-16/h7-8H,3-6,16H2,1-2H3,(H,17,19). The van der Waals surface area contributed by atoms with Gasteiger partial charge in [0.05, 0.1) is 11.3 Å². The molecule has 1 aliphatic heterocycles. The molecule has 0 radical (unpaired) electrons. The van der Waals surface area contributed by atoms with E-state index in [1.165, 1.54) is 4.90 Å². The van der Waals surface area contributed by atoms with Crippen molar-refractivity contribution in [2.75, 3.05) is 11.4 Å². The van der Waals surface area contributed by atoms with Gasteiger partial charge in [0, 0.05) is 13.0 Å². The number of Topliss-reactive ketones (excluding diaryl/α,β-unsaturated/α-hetero) is 1. The minimum atomic E-state index is -0.484. The summed E-state index contributed by atoms with van der Waals surface area (Å²) in [5, 5.41) is 0. The zero-order chi connectivity index (χ0) is 15.6. The van der Waals surface area contributed by atoms with Crippen LogP contribution < -0.4 is 16.2 Å². The Morgan fingerprint density at radius 2 is 1.95 bits per heavy atom. The Hall–Kier alpha value is -2.21. The summed E-state index contributed by atoms with van der Waals surface area (Å²) >= 11 is 0. The molecule has 6 heteroatoms. The molecule has 0 unspecified atom stereocenters. The van der Waals surface area contributed by atoms with Crippen LogP contribution in [0, 0.1) is 13.8 Å². The van der Waals surface area contributed by atoms with Gasteiger partial charge < -0.3 is 4.90 Å². The molecule has 0 fully saturated rings. The van der Waals surface area contributed by atoms with E-state index < -0.39 is 11.7 Å². The maximum absolute atomic E-state index is 12.1. The van der Waals surface area contributed by atoms with Gasteiger partial charge >= 0.3 is 0 Å². The highest BCUT2D eigenvalue weighted by molar-refractivity contribution is 6.52. The zero-order valence-electron chi connectivity index (χ0n) is 12.2. The molecule has 0 aliphatic carbocycles. The highest BCUT2D eigenvalue weighted by atomic mass is 16.2. The molecular weight excluding hydrogens is 270 g/mol. The number of hydrogen-bond acceptors (Lipinski definition) is 4. The number of amides is 2. The van der Waals surface area contributed by atoms with Crippen molar-refractivity contribution in [2.45, 2.75) is 33.1 Å². The second kappa shape index (κ2) is 6.05. The molecule has 21 heavy (non-hydrogen) atoms. The lowest BCUT2D eigenvalue weighted by atomic mass is 10.0. The predicted octanol–water partition coefficient (Wildman–Crippen LogP) is 0.993. The second-order valence-corrected chi connectivity index (χ2v) is 5.29. The van der Waals surface area contributed by atoms with Crippen LogP contribution in [0.4, 0.5) is 5.69 Å². The van der Waals surface area contributed by atoms with E-state index in [4.69, 9.17) is 5.84 Å². The average Bonchev–Trinajstić information content (AvgIpc) is 2.68. The van der Waals surface area contributed by atoms with E-state index in [1.54, 1.807) is 6.07 Å². The van der Waals surface area contributed by atoms with Crippen LogP contribution in [0.3, 0.4) is 0 Å². The molecule has 0 saturated heterocycles. The first-order chi connectivity index (χ1) is 9.95. The van der Waals surface area contributed by atoms with E-state index in [2.05, 4.69) is 5.43 Å². The van der Waals surface area contributed by atoms with Crippen molar-refractivity contribution in [3.05, 3.63) is 28.8 Å². The van der Waals surface area contributed by atoms with Gasteiger partial charge in [0.15, 0.2) is 0 Å². The van der Waals surface area contributed by atoms with Gasteiger partial charge in [0.1, 0.15) is 0 Å². The number of nitrogens with one attached hydrogen (secondary N) is 1.